The summed E-state index contributed by atoms with van der Waals surface area (Å²) in [4.78, 5) is 23.9. The summed E-state index contributed by atoms with van der Waals surface area (Å²) in [5.74, 6) is -0.956. The quantitative estimate of drug-likeness (QED) is 0.402. The van der Waals surface area contributed by atoms with Gasteiger partial charge in [-0.1, -0.05) is 37.0 Å². The Balaban J connectivity index is 2.57. The molecule has 1 atom stereocenters. The summed E-state index contributed by atoms with van der Waals surface area (Å²) in [6.07, 6.45) is -0.513. The van der Waals surface area contributed by atoms with Gasteiger partial charge in [-0.15, -0.1) is 0 Å². The average Bonchev–Trinajstić information content (AvgIpc) is 2.45. The van der Waals surface area contributed by atoms with E-state index in [0.717, 1.165) is 0 Å². The Morgan fingerprint density at radius 3 is 2.54 bits per heavy atom. The lowest BCUT2D eigenvalue weighted by atomic mass is 10.1. The standard InChI is InChI=1S/C14H19BCl2N2O5/c1-8(2)5-13(24-15(22)23)19-12(20)7-18-14(21)10-6-9(16)3-4-11(10)17/h3-4,6,8,13,22-23H,5,7H2,1-2H3,(H,18,21)(H,19,20)/t13-/m1/s1. The summed E-state index contributed by atoms with van der Waals surface area (Å²) in [6, 6.07) is 4.42. The first-order valence-electron chi connectivity index (χ1n) is 7.23. The van der Waals surface area contributed by atoms with E-state index in [1.165, 1.54) is 12.1 Å². The average molecular weight is 377 g/mol. The lowest BCUT2D eigenvalue weighted by Crippen LogP contribution is -2.45. The van der Waals surface area contributed by atoms with E-state index in [2.05, 4.69) is 10.6 Å². The molecule has 10 heteroatoms. The Bertz CT molecular complexity index is 576. The van der Waals surface area contributed by atoms with Crippen LogP contribution in [0.4, 0.5) is 0 Å². The van der Waals surface area contributed by atoms with E-state index in [9.17, 15) is 9.59 Å². The highest BCUT2D eigenvalue weighted by molar-refractivity contribution is 6.35. The van der Waals surface area contributed by atoms with Crippen LogP contribution in [0.3, 0.4) is 0 Å². The summed E-state index contributed by atoms with van der Waals surface area (Å²) in [6.45, 7) is 3.44. The molecule has 132 valence electrons. The summed E-state index contributed by atoms with van der Waals surface area (Å²) < 4.78 is 4.79. The molecule has 0 aliphatic rings. The molecule has 0 aliphatic carbocycles. The zero-order valence-electron chi connectivity index (χ0n) is 13.3. The summed E-state index contributed by atoms with van der Waals surface area (Å²) in [7, 11) is -2.01. The van der Waals surface area contributed by atoms with Crippen LogP contribution in [-0.2, 0) is 9.45 Å². The van der Waals surface area contributed by atoms with Crippen LogP contribution in [0.2, 0.25) is 10.0 Å². The van der Waals surface area contributed by atoms with Crippen LogP contribution in [0, 0.1) is 5.92 Å². The Morgan fingerprint density at radius 2 is 1.96 bits per heavy atom. The van der Waals surface area contributed by atoms with Gasteiger partial charge in [0.05, 0.1) is 17.1 Å². The van der Waals surface area contributed by atoms with Crippen LogP contribution in [0.25, 0.3) is 0 Å². The summed E-state index contributed by atoms with van der Waals surface area (Å²) in [5.41, 5.74) is 0.151. The second-order valence-electron chi connectivity index (χ2n) is 5.45. The van der Waals surface area contributed by atoms with Gasteiger partial charge in [-0.2, -0.15) is 0 Å². The van der Waals surface area contributed by atoms with Gasteiger partial charge in [0.25, 0.3) is 5.91 Å². The van der Waals surface area contributed by atoms with Crippen molar-refractivity contribution in [2.24, 2.45) is 5.92 Å². The molecule has 0 saturated heterocycles. The van der Waals surface area contributed by atoms with E-state index in [1.807, 2.05) is 13.8 Å². The number of halogens is 2. The molecule has 24 heavy (non-hydrogen) atoms. The molecule has 0 radical (unpaired) electrons. The lowest BCUT2D eigenvalue weighted by Gasteiger charge is -2.21. The van der Waals surface area contributed by atoms with Crippen LogP contribution < -0.4 is 10.6 Å². The zero-order chi connectivity index (χ0) is 18.3. The van der Waals surface area contributed by atoms with E-state index < -0.39 is 25.4 Å². The Kier molecular flexibility index (Phi) is 8.51. The van der Waals surface area contributed by atoms with Crippen molar-refractivity contribution in [1.82, 2.24) is 10.6 Å². The second-order valence-corrected chi connectivity index (χ2v) is 6.30. The van der Waals surface area contributed by atoms with E-state index in [1.54, 1.807) is 6.07 Å². The maximum atomic E-state index is 12.0. The molecule has 1 aromatic carbocycles. The molecule has 2 amide bonds. The maximum Gasteiger partial charge on any atom is 0.635 e. The highest BCUT2D eigenvalue weighted by Crippen LogP contribution is 2.20. The van der Waals surface area contributed by atoms with Gasteiger partial charge >= 0.3 is 7.32 Å². The third-order valence-electron chi connectivity index (χ3n) is 2.88. The lowest BCUT2D eigenvalue weighted by molar-refractivity contribution is -0.123. The predicted octanol–water partition coefficient (Wildman–Crippen LogP) is 1.20. The van der Waals surface area contributed by atoms with E-state index in [4.69, 9.17) is 37.9 Å². The number of amides is 2. The van der Waals surface area contributed by atoms with Crippen molar-refractivity contribution in [2.45, 2.75) is 26.5 Å². The van der Waals surface area contributed by atoms with Crippen molar-refractivity contribution in [1.29, 1.82) is 0 Å². The largest absolute Gasteiger partial charge is 0.635 e. The molecule has 0 spiro atoms. The van der Waals surface area contributed by atoms with Crippen molar-refractivity contribution in [2.75, 3.05) is 6.54 Å². The first-order chi connectivity index (χ1) is 11.2. The smallest absolute Gasteiger partial charge is 0.402 e. The van der Waals surface area contributed by atoms with Crippen molar-refractivity contribution >= 4 is 42.3 Å². The summed E-state index contributed by atoms with van der Waals surface area (Å²) in [5, 5.41) is 23.1. The molecule has 0 saturated carbocycles. The topological polar surface area (TPSA) is 108 Å². The minimum absolute atomic E-state index is 0.147. The first kappa shape index (κ1) is 20.7. The molecule has 7 nitrogen and oxygen atoms in total. The Morgan fingerprint density at radius 1 is 1.29 bits per heavy atom. The monoisotopic (exact) mass is 376 g/mol. The molecule has 1 rings (SSSR count). The van der Waals surface area contributed by atoms with Gasteiger partial charge in [0.1, 0.15) is 6.23 Å². The molecule has 0 fully saturated rings. The van der Waals surface area contributed by atoms with Crippen molar-refractivity contribution in [3.8, 4) is 0 Å². The third kappa shape index (κ3) is 7.50. The van der Waals surface area contributed by atoms with Gasteiger partial charge in [0, 0.05) is 5.02 Å². The molecule has 0 aromatic heterocycles. The van der Waals surface area contributed by atoms with Crippen LogP contribution in [-0.4, -0.2) is 42.0 Å². The van der Waals surface area contributed by atoms with Crippen LogP contribution in [0.1, 0.15) is 30.6 Å². The second kappa shape index (κ2) is 9.85. The third-order valence-corrected chi connectivity index (χ3v) is 3.44. The zero-order valence-corrected chi connectivity index (χ0v) is 14.8. The van der Waals surface area contributed by atoms with Crippen molar-refractivity contribution in [3.05, 3.63) is 33.8 Å². The predicted molar refractivity (Wildman–Crippen MR) is 91.5 cm³/mol. The Hall–Kier alpha value is -1.32. The number of hydrogen-bond donors (Lipinski definition) is 4. The fourth-order valence-electron chi connectivity index (χ4n) is 1.88. The van der Waals surface area contributed by atoms with Gasteiger partial charge < -0.3 is 25.3 Å². The molecular weight excluding hydrogens is 358 g/mol. The number of hydrogen-bond acceptors (Lipinski definition) is 5. The van der Waals surface area contributed by atoms with E-state index in [-0.39, 0.29) is 23.0 Å². The van der Waals surface area contributed by atoms with Crippen LogP contribution in [0.15, 0.2) is 18.2 Å². The van der Waals surface area contributed by atoms with Crippen molar-refractivity contribution in [3.63, 3.8) is 0 Å². The fraction of sp³-hybridized carbons (Fsp3) is 0.429. The fourth-order valence-corrected chi connectivity index (χ4v) is 2.26. The normalized spacial score (nSPS) is 12.0. The minimum atomic E-state index is -2.01. The first-order valence-corrected chi connectivity index (χ1v) is 7.98. The number of carbonyl (C=O) groups is 2. The van der Waals surface area contributed by atoms with E-state index >= 15 is 0 Å². The molecule has 0 aliphatic heterocycles. The molecule has 0 heterocycles. The molecule has 4 N–H and O–H groups in total. The van der Waals surface area contributed by atoms with Crippen molar-refractivity contribution < 1.29 is 24.3 Å². The summed E-state index contributed by atoms with van der Waals surface area (Å²) >= 11 is 11.7. The Labute approximate surface area is 150 Å². The molecular formula is C14H19BCl2N2O5. The molecule has 0 unspecified atom stereocenters. The van der Waals surface area contributed by atoms with Gasteiger partial charge in [0.2, 0.25) is 5.91 Å². The van der Waals surface area contributed by atoms with E-state index in [0.29, 0.717) is 11.4 Å². The minimum Gasteiger partial charge on any atom is -0.402 e. The van der Waals surface area contributed by atoms with Gasteiger partial charge in [0.15, 0.2) is 0 Å². The molecule has 1 aromatic rings. The number of carbonyl (C=O) groups excluding carboxylic acids is 2. The highest BCUT2D eigenvalue weighted by atomic mass is 35.5. The maximum absolute atomic E-state index is 12.0. The highest BCUT2D eigenvalue weighted by Gasteiger charge is 2.21. The van der Waals surface area contributed by atoms with Crippen LogP contribution in [0.5, 0.6) is 0 Å². The number of nitrogens with one attached hydrogen (secondary N) is 2. The van der Waals surface area contributed by atoms with Gasteiger partial charge in [-0.3, -0.25) is 9.59 Å². The SMILES string of the molecule is CC(C)C[C@H](NC(=O)CNC(=O)c1cc(Cl)ccc1Cl)OB(O)O. The number of rotatable bonds is 8. The van der Waals surface area contributed by atoms with Crippen LogP contribution >= 0.6 is 23.2 Å². The number of benzene rings is 1. The van der Waals surface area contributed by atoms with Gasteiger partial charge in [-0.05, 0) is 30.5 Å². The molecule has 0 bridgehead atoms. The van der Waals surface area contributed by atoms with Gasteiger partial charge in [-0.25, -0.2) is 0 Å².